The Balaban J connectivity index is 1.69. The van der Waals surface area contributed by atoms with Crippen LogP contribution in [0, 0.1) is 0 Å². The van der Waals surface area contributed by atoms with Crippen molar-refractivity contribution in [2.24, 2.45) is 5.10 Å². The third-order valence-electron chi connectivity index (χ3n) is 5.42. The highest BCUT2D eigenvalue weighted by atomic mass is 79.9. The lowest BCUT2D eigenvalue weighted by Crippen LogP contribution is -2.22. The maximum atomic E-state index is 13.3. The zero-order valence-corrected chi connectivity index (χ0v) is 24.8. The molecule has 0 amide bonds. The maximum Gasteiger partial charge on any atom is 0.282 e. The lowest BCUT2D eigenvalue weighted by atomic mass is 10.2. The highest BCUT2D eigenvalue weighted by Crippen LogP contribution is 2.34. The molecule has 0 atom stereocenters. The number of hydrogen-bond acceptors (Lipinski definition) is 5. The molecule has 0 saturated carbocycles. The Morgan fingerprint density at radius 2 is 1.81 bits per heavy atom. The first-order chi connectivity index (χ1) is 17.8. The van der Waals surface area contributed by atoms with E-state index in [0.717, 1.165) is 20.9 Å². The summed E-state index contributed by atoms with van der Waals surface area (Å²) in [7, 11) is 0. The van der Waals surface area contributed by atoms with Crippen LogP contribution in [0.15, 0.2) is 67.4 Å². The first-order valence-corrected chi connectivity index (χ1v) is 13.9. The Hall–Kier alpha value is -2.39. The predicted molar refractivity (Wildman–Crippen MR) is 157 cm³/mol. The Labute approximate surface area is 241 Å². The van der Waals surface area contributed by atoms with Gasteiger partial charge in [-0.2, -0.15) is 9.78 Å². The van der Waals surface area contributed by atoms with E-state index in [1.807, 2.05) is 44.2 Å². The van der Waals surface area contributed by atoms with Gasteiger partial charge in [0.2, 0.25) is 0 Å². The Kier molecular flexibility index (Phi) is 9.29. The number of ether oxygens (including phenoxy) is 2. The van der Waals surface area contributed by atoms with Gasteiger partial charge in [0.25, 0.3) is 5.56 Å². The number of rotatable bonds is 9. The lowest BCUT2D eigenvalue weighted by Gasteiger charge is -2.15. The van der Waals surface area contributed by atoms with E-state index >= 15 is 0 Å². The molecule has 0 N–H and O–H groups in total. The topological polar surface area (TPSA) is 65.7 Å². The number of halogens is 4. The second kappa shape index (κ2) is 12.4. The van der Waals surface area contributed by atoms with Gasteiger partial charge < -0.3 is 9.47 Å². The van der Waals surface area contributed by atoms with Crippen molar-refractivity contribution in [2.45, 2.75) is 33.3 Å². The number of aryl methyl sites for hydroxylation is 1. The lowest BCUT2D eigenvalue weighted by molar-refractivity contribution is 0.269. The molecule has 0 radical (unpaired) electrons. The van der Waals surface area contributed by atoms with Crippen LogP contribution < -0.4 is 15.0 Å². The fraction of sp³-hybridized carbons (Fsp3) is 0.222. The molecule has 0 unspecified atom stereocenters. The third-order valence-corrected chi connectivity index (χ3v) is 7.19. The van der Waals surface area contributed by atoms with E-state index in [0.29, 0.717) is 56.9 Å². The van der Waals surface area contributed by atoms with Crippen LogP contribution in [-0.2, 0) is 13.0 Å². The van der Waals surface area contributed by atoms with Crippen LogP contribution in [0.2, 0.25) is 10.0 Å². The molecule has 1 heterocycles. The van der Waals surface area contributed by atoms with Gasteiger partial charge in [-0.05, 0) is 71.7 Å². The Bertz CT molecular complexity index is 1540. The van der Waals surface area contributed by atoms with E-state index < -0.39 is 0 Å². The predicted octanol–water partition coefficient (Wildman–Crippen LogP) is 8.04. The van der Waals surface area contributed by atoms with Gasteiger partial charge in [0.1, 0.15) is 12.4 Å². The van der Waals surface area contributed by atoms with Gasteiger partial charge >= 0.3 is 0 Å². The molecule has 4 aromatic rings. The van der Waals surface area contributed by atoms with Crippen LogP contribution in [-0.4, -0.2) is 22.5 Å². The summed E-state index contributed by atoms with van der Waals surface area (Å²) in [5.41, 5.74) is 1.93. The number of hydrogen-bond donors (Lipinski definition) is 0. The van der Waals surface area contributed by atoms with Gasteiger partial charge in [-0.3, -0.25) is 4.79 Å². The third kappa shape index (κ3) is 6.55. The van der Waals surface area contributed by atoms with E-state index in [2.05, 4.69) is 41.9 Å². The molecular weight excluding hydrogens is 645 g/mol. The summed E-state index contributed by atoms with van der Waals surface area (Å²) < 4.78 is 14.7. The molecule has 6 nitrogen and oxygen atoms in total. The highest BCUT2D eigenvalue weighted by molar-refractivity contribution is 9.10. The zero-order chi connectivity index (χ0) is 26.5. The zero-order valence-electron chi connectivity index (χ0n) is 20.1. The highest BCUT2D eigenvalue weighted by Gasteiger charge is 2.14. The van der Waals surface area contributed by atoms with Crippen molar-refractivity contribution in [2.75, 3.05) is 6.61 Å². The molecular formula is C27H23Br2Cl2N3O3. The molecule has 3 aromatic carbocycles. The summed E-state index contributed by atoms with van der Waals surface area (Å²) in [5, 5.41) is 6.10. The normalized spacial score (nSPS) is 11.4. The van der Waals surface area contributed by atoms with Crippen LogP contribution in [0.1, 0.15) is 37.2 Å². The van der Waals surface area contributed by atoms with Crippen LogP contribution in [0.3, 0.4) is 0 Å². The van der Waals surface area contributed by atoms with Crippen molar-refractivity contribution in [3.05, 3.63) is 94.8 Å². The van der Waals surface area contributed by atoms with E-state index in [1.54, 1.807) is 24.4 Å². The fourth-order valence-corrected chi connectivity index (χ4v) is 4.89. The molecule has 37 heavy (non-hydrogen) atoms. The number of nitrogens with zero attached hydrogens (tertiary/aromatic N) is 3. The minimum absolute atomic E-state index is 0.230. The van der Waals surface area contributed by atoms with E-state index in [1.165, 1.54) is 4.68 Å². The number of benzene rings is 3. The summed E-state index contributed by atoms with van der Waals surface area (Å²) in [6, 6.07) is 14.3. The number of fused-ring (bicyclic) bond motifs is 1. The van der Waals surface area contributed by atoms with Gasteiger partial charge in [0.05, 0.1) is 23.7 Å². The summed E-state index contributed by atoms with van der Waals surface area (Å²) in [6.07, 6.45) is 3.05. The summed E-state index contributed by atoms with van der Waals surface area (Å²) >= 11 is 19.3. The Morgan fingerprint density at radius 1 is 1.03 bits per heavy atom. The largest absolute Gasteiger partial charge is 0.490 e. The van der Waals surface area contributed by atoms with Crippen molar-refractivity contribution < 1.29 is 9.47 Å². The second-order valence-corrected chi connectivity index (χ2v) is 10.7. The summed E-state index contributed by atoms with van der Waals surface area (Å²) in [4.78, 5) is 18.0. The minimum atomic E-state index is -0.230. The number of aromatic nitrogens is 2. The standard InChI is InChI=1S/C27H23Br2Cl2N3O3/c1-3-5-26-33-23-9-7-18(28)11-20(23)27(35)34(26)32-14-17-10-24(36-4-2)25(13-21(17)29)37-15-16-6-8-19(30)12-22(16)31/h6-14H,3-5,15H2,1-2H3. The summed E-state index contributed by atoms with van der Waals surface area (Å²) in [6.45, 7) is 4.61. The first-order valence-electron chi connectivity index (χ1n) is 11.6. The van der Waals surface area contributed by atoms with Crippen molar-refractivity contribution in [3.63, 3.8) is 0 Å². The molecule has 0 aliphatic rings. The van der Waals surface area contributed by atoms with Gasteiger partial charge in [-0.25, -0.2) is 4.98 Å². The SMILES string of the molecule is CCCc1nc2ccc(Br)cc2c(=O)n1N=Cc1cc(OCC)c(OCc2ccc(Cl)cc2Cl)cc1Br. The molecule has 10 heteroatoms. The maximum absolute atomic E-state index is 13.3. The van der Waals surface area contributed by atoms with Crippen LogP contribution >= 0.6 is 55.1 Å². The molecule has 0 aliphatic carbocycles. The molecule has 0 saturated heterocycles. The van der Waals surface area contributed by atoms with E-state index in [4.69, 9.17) is 32.7 Å². The van der Waals surface area contributed by atoms with Crippen molar-refractivity contribution in [1.82, 2.24) is 9.66 Å². The Morgan fingerprint density at radius 3 is 2.54 bits per heavy atom. The van der Waals surface area contributed by atoms with Crippen molar-refractivity contribution in [3.8, 4) is 11.5 Å². The molecule has 0 spiro atoms. The van der Waals surface area contributed by atoms with Crippen LogP contribution in [0.25, 0.3) is 10.9 Å². The van der Waals surface area contributed by atoms with Gasteiger partial charge in [0, 0.05) is 36.5 Å². The van der Waals surface area contributed by atoms with Crippen LogP contribution in [0.4, 0.5) is 0 Å². The monoisotopic (exact) mass is 665 g/mol. The van der Waals surface area contributed by atoms with Gasteiger partial charge in [-0.15, -0.1) is 0 Å². The average molecular weight is 668 g/mol. The quantitative estimate of drug-likeness (QED) is 0.170. The van der Waals surface area contributed by atoms with Gasteiger partial charge in [0.15, 0.2) is 11.5 Å². The molecule has 1 aromatic heterocycles. The fourth-order valence-electron chi connectivity index (χ4n) is 3.64. The van der Waals surface area contributed by atoms with Crippen molar-refractivity contribution >= 4 is 72.2 Å². The van der Waals surface area contributed by atoms with E-state index in [-0.39, 0.29) is 12.2 Å². The van der Waals surface area contributed by atoms with Crippen LogP contribution in [0.5, 0.6) is 11.5 Å². The molecule has 0 bridgehead atoms. The average Bonchev–Trinajstić information content (AvgIpc) is 2.86. The van der Waals surface area contributed by atoms with E-state index in [9.17, 15) is 4.79 Å². The molecule has 0 aliphatic heterocycles. The molecule has 4 rings (SSSR count). The summed E-state index contributed by atoms with van der Waals surface area (Å²) in [5.74, 6) is 1.68. The molecule has 0 fully saturated rings. The first kappa shape index (κ1) is 27.6. The van der Waals surface area contributed by atoms with Crippen molar-refractivity contribution in [1.29, 1.82) is 0 Å². The smallest absolute Gasteiger partial charge is 0.282 e. The minimum Gasteiger partial charge on any atom is -0.490 e. The van der Waals surface area contributed by atoms with Gasteiger partial charge in [-0.1, -0.05) is 52.1 Å². The molecule has 192 valence electrons. The second-order valence-electron chi connectivity index (χ2n) is 8.08.